The van der Waals surface area contributed by atoms with E-state index in [2.05, 4.69) is 51.5 Å². The Morgan fingerprint density at radius 1 is 1.23 bits per heavy atom. The van der Waals surface area contributed by atoms with Gasteiger partial charge in [0.15, 0.2) is 0 Å². The molecule has 0 heterocycles. The Balaban J connectivity index is 3.57. The highest BCUT2D eigenvalue weighted by Gasteiger charge is 2.12. The monoisotopic (exact) mass is 203 g/mol. The van der Waals surface area contributed by atoms with E-state index in [0.717, 1.165) is 11.2 Å². The maximum atomic E-state index is 2.34. The molecule has 0 N–H and O–H groups in total. The molecule has 13 heavy (non-hydrogen) atoms. The van der Waals surface area contributed by atoms with Crippen molar-refractivity contribution in [2.75, 3.05) is 26.4 Å². The maximum absolute atomic E-state index is 2.34. The Morgan fingerprint density at radius 2 is 1.85 bits per heavy atom. The highest BCUT2D eigenvalue weighted by molar-refractivity contribution is 7.99. The molecule has 0 aromatic rings. The number of nitrogens with zero attached hydrogens (tertiary/aromatic N) is 1. The zero-order valence-electron chi connectivity index (χ0n) is 9.84. The molecule has 0 aliphatic rings. The van der Waals surface area contributed by atoms with Crippen molar-refractivity contribution in [3.63, 3.8) is 0 Å². The second kappa shape index (κ2) is 7.69. The minimum atomic E-state index is 0.826. The molecule has 1 unspecified atom stereocenters. The molecule has 0 aliphatic heterocycles. The first-order valence-corrected chi connectivity index (χ1v) is 6.39. The van der Waals surface area contributed by atoms with Crippen molar-refractivity contribution in [3.8, 4) is 0 Å². The summed E-state index contributed by atoms with van der Waals surface area (Å²) in [6.07, 6.45) is 2.69. The van der Waals surface area contributed by atoms with Crippen LogP contribution < -0.4 is 0 Å². The smallest absolute Gasteiger partial charge is 0.00704 e. The van der Waals surface area contributed by atoms with E-state index in [-0.39, 0.29) is 0 Å². The van der Waals surface area contributed by atoms with Crippen molar-refractivity contribution in [1.82, 2.24) is 4.90 Å². The third-order valence-electron chi connectivity index (χ3n) is 2.19. The van der Waals surface area contributed by atoms with Crippen molar-refractivity contribution in [1.29, 1.82) is 0 Å². The Labute approximate surface area is 88.3 Å². The van der Waals surface area contributed by atoms with Gasteiger partial charge in [-0.15, -0.1) is 0 Å². The minimum absolute atomic E-state index is 0.826. The highest BCUT2D eigenvalue weighted by Crippen LogP contribution is 2.23. The Bertz CT molecular complexity index is 113. The minimum Gasteiger partial charge on any atom is -0.309 e. The fraction of sp³-hybridized carbons (Fsp3) is 1.00. The molecule has 0 aromatic heterocycles. The lowest BCUT2D eigenvalue weighted by molar-refractivity contribution is 0.436. The predicted molar refractivity (Wildman–Crippen MR) is 64.5 cm³/mol. The molecule has 0 radical (unpaired) electrons. The lowest BCUT2D eigenvalue weighted by Crippen LogP contribution is -2.18. The molecule has 0 aliphatic carbocycles. The molecule has 0 saturated carbocycles. The molecule has 0 rings (SSSR count). The summed E-state index contributed by atoms with van der Waals surface area (Å²) in [7, 11) is 4.29. The van der Waals surface area contributed by atoms with Crippen molar-refractivity contribution < 1.29 is 0 Å². The number of hydrogen-bond acceptors (Lipinski definition) is 2. The summed E-state index contributed by atoms with van der Waals surface area (Å²) >= 11 is 2.14. The van der Waals surface area contributed by atoms with Crippen molar-refractivity contribution in [2.45, 2.75) is 38.9 Å². The summed E-state index contributed by atoms with van der Waals surface area (Å²) in [6.45, 7) is 8.16. The van der Waals surface area contributed by atoms with Crippen LogP contribution in [0.2, 0.25) is 0 Å². The molecular weight excluding hydrogens is 178 g/mol. The van der Waals surface area contributed by atoms with E-state index in [1.807, 2.05) is 0 Å². The van der Waals surface area contributed by atoms with Crippen LogP contribution in [0.3, 0.4) is 0 Å². The van der Waals surface area contributed by atoms with E-state index >= 15 is 0 Å². The second-order valence-corrected chi connectivity index (χ2v) is 5.59. The quantitative estimate of drug-likeness (QED) is 0.625. The van der Waals surface area contributed by atoms with Gasteiger partial charge in [-0.1, -0.05) is 27.2 Å². The molecule has 0 aromatic carbocycles. The number of thioether (sulfide) groups is 1. The van der Waals surface area contributed by atoms with Crippen molar-refractivity contribution in [3.05, 3.63) is 0 Å². The fourth-order valence-electron chi connectivity index (χ4n) is 1.28. The Kier molecular flexibility index (Phi) is 7.87. The normalized spacial score (nSPS) is 14.1. The van der Waals surface area contributed by atoms with Gasteiger partial charge in [-0.25, -0.2) is 0 Å². The molecule has 0 saturated heterocycles. The number of rotatable bonds is 7. The predicted octanol–water partition coefficient (Wildman–Crippen LogP) is 3.11. The Hall–Kier alpha value is 0.310. The third-order valence-corrected chi connectivity index (χ3v) is 3.81. The Morgan fingerprint density at radius 3 is 2.23 bits per heavy atom. The van der Waals surface area contributed by atoms with Gasteiger partial charge in [0, 0.05) is 17.5 Å². The highest BCUT2D eigenvalue weighted by atomic mass is 32.2. The van der Waals surface area contributed by atoms with E-state index in [4.69, 9.17) is 0 Å². The molecule has 0 bridgehead atoms. The SMILES string of the molecule is CCCC(SCCN(C)C)C(C)C. The van der Waals surface area contributed by atoms with Gasteiger partial charge in [0.1, 0.15) is 0 Å². The van der Waals surface area contributed by atoms with Crippen LogP contribution in [0, 0.1) is 5.92 Å². The van der Waals surface area contributed by atoms with Gasteiger partial charge >= 0.3 is 0 Å². The van der Waals surface area contributed by atoms with Gasteiger partial charge in [-0.05, 0) is 26.4 Å². The standard InChI is InChI=1S/C11H25NS/c1-6-7-11(10(2)3)13-9-8-12(4)5/h10-11H,6-9H2,1-5H3. The first-order chi connectivity index (χ1) is 6.07. The summed E-state index contributed by atoms with van der Waals surface area (Å²) < 4.78 is 0. The van der Waals surface area contributed by atoms with E-state index in [9.17, 15) is 0 Å². The molecule has 1 nitrogen and oxygen atoms in total. The average Bonchev–Trinajstić information content (AvgIpc) is 2.02. The molecule has 80 valence electrons. The van der Waals surface area contributed by atoms with Crippen molar-refractivity contribution >= 4 is 11.8 Å². The van der Waals surface area contributed by atoms with Crippen molar-refractivity contribution in [2.24, 2.45) is 5.92 Å². The third kappa shape index (κ3) is 7.39. The first kappa shape index (κ1) is 13.3. The maximum Gasteiger partial charge on any atom is 0.00704 e. The van der Waals surface area contributed by atoms with Gasteiger partial charge in [0.2, 0.25) is 0 Å². The summed E-state index contributed by atoms with van der Waals surface area (Å²) in [4.78, 5) is 2.26. The molecule has 0 spiro atoms. The largest absolute Gasteiger partial charge is 0.309 e. The lowest BCUT2D eigenvalue weighted by Gasteiger charge is -2.20. The summed E-state index contributed by atoms with van der Waals surface area (Å²) in [6, 6.07) is 0. The van der Waals surface area contributed by atoms with Gasteiger partial charge in [0.05, 0.1) is 0 Å². The fourth-order valence-corrected chi connectivity index (χ4v) is 2.84. The zero-order chi connectivity index (χ0) is 10.3. The molecule has 1 atom stereocenters. The van der Waals surface area contributed by atoms with Crippen LogP contribution in [-0.2, 0) is 0 Å². The number of hydrogen-bond donors (Lipinski definition) is 0. The second-order valence-electron chi connectivity index (χ2n) is 4.25. The molecule has 2 heteroatoms. The topological polar surface area (TPSA) is 3.24 Å². The van der Waals surface area contributed by atoms with Gasteiger partial charge in [0.25, 0.3) is 0 Å². The van der Waals surface area contributed by atoms with Gasteiger partial charge in [-0.2, -0.15) is 11.8 Å². The van der Waals surface area contributed by atoms with Crippen LogP contribution in [0.15, 0.2) is 0 Å². The zero-order valence-corrected chi connectivity index (χ0v) is 10.7. The molecule has 0 fully saturated rings. The summed E-state index contributed by atoms with van der Waals surface area (Å²) in [5.74, 6) is 2.10. The van der Waals surface area contributed by atoms with Gasteiger partial charge < -0.3 is 4.90 Å². The molecular formula is C11H25NS. The van der Waals surface area contributed by atoms with E-state index in [1.54, 1.807) is 0 Å². The lowest BCUT2D eigenvalue weighted by atomic mass is 10.1. The van der Waals surface area contributed by atoms with Crippen LogP contribution in [-0.4, -0.2) is 36.5 Å². The van der Waals surface area contributed by atoms with E-state index in [0.29, 0.717) is 0 Å². The summed E-state index contributed by atoms with van der Waals surface area (Å²) in [5, 5.41) is 0.866. The van der Waals surface area contributed by atoms with Crippen LogP contribution >= 0.6 is 11.8 Å². The van der Waals surface area contributed by atoms with E-state index < -0.39 is 0 Å². The van der Waals surface area contributed by atoms with Gasteiger partial charge in [-0.3, -0.25) is 0 Å². The first-order valence-electron chi connectivity index (χ1n) is 5.34. The summed E-state index contributed by atoms with van der Waals surface area (Å²) in [5.41, 5.74) is 0. The van der Waals surface area contributed by atoms with E-state index in [1.165, 1.54) is 25.1 Å². The average molecular weight is 203 g/mol. The molecule has 0 amide bonds. The van der Waals surface area contributed by atoms with Crippen LogP contribution in [0.4, 0.5) is 0 Å². The van der Waals surface area contributed by atoms with Crippen LogP contribution in [0.25, 0.3) is 0 Å². The van der Waals surface area contributed by atoms with Crippen LogP contribution in [0.1, 0.15) is 33.6 Å². The van der Waals surface area contributed by atoms with Crippen LogP contribution in [0.5, 0.6) is 0 Å².